The summed E-state index contributed by atoms with van der Waals surface area (Å²) in [5.74, 6) is 0.110. The Morgan fingerprint density at radius 3 is 2.54 bits per heavy atom. The van der Waals surface area contributed by atoms with Crippen LogP contribution >= 0.6 is 0 Å². The van der Waals surface area contributed by atoms with Crippen molar-refractivity contribution in [1.29, 1.82) is 0 Å². The molecule has 0 saturated carbocycles. The minimum Gasteiger partial charge on any atom is -0.457 e. The van der Waals surface area contributed by atoms with Crippen LogP contribution in [0.3, 0.4) is 0 Å². The van der Waals surface area contributed by atoms with E-state index in [0.29, 0.717) is 5.82 Å². The van der Waals surface area contributed by atoms with Crippen LogP contribution in [0.15, 0.2) is 60.7 Å². The van der Waals surface area contributed by atoms with Crippen molar-refractivity contribution in [3.63, 3.8) is 0 Å². The number of hydrogen-bond acceptors (Lipinski definition) is 5. The van der Waals surface area contributed by atoms with E-state index in [2.05, 4.69) is 10.1 Å². The molecular formula is C20H19N3O3. The molecule has 0 unspecified atom stereocenters. The zero-order valence-corrected chi connectivity index (χ0v) is 14.2. The third kappa shape index (κ3) is 3.50. The first-order valence-corrected chi connectivity index (χ1v) is 8.68. The van der Waals surface area contributed by atoms with Gasteiger partial charge in [0.25, 0.3) is 5.82 Å². The quantitative estimate of drug-likeness (QED) is 0.662. The molecule has 0 radical (unpaired) electrons. The number of carbonyl (C=O) groups is 1. The fourth-order valence-corrected chi connectivity index (χ4v) is 2.93. The molecule has 3 aromatic rings. The molecular weight excluding hydrogens is 330 g/mol. The van der Waals surface area contributed by atoms with E-state index in [1.54, 1.807) is 4.68 Å². The number of para-hydroxylation sites is 1. The van der Waals surface area contributed by atoms with Crippen molar-refractivity contribution in [3.05, 3.63) is 66.5 Å². The SMILES string of the molecule is O=C(OC[C@@H]1CCCO1)c1nc(-c2ccccc2)n(-c2ccccc2)n1. The lowest BCUT2D eigenvalue weighted by Gasteiger charge is -2.08. The van der Waals surface area contributed by atoms with Gasteiger partial charge in [-0.05, 0) is 25.0 Å². The Bertz CT molecular complexity index is 815. The van der Waals surface area contributed by atoms with E-state index in [1.807, 2.05) is 60.7 Å². The largest absolute Gasteiger partial charge is 0.457 e. The topological polar surface area (TPSA) is 66.2 Å². The van der Waals surface area contributed by atoms with Gasteiger partial charge in [-0.3, -0.25) is 0 Å². The number of benzene rings is 2. The minimum absolute atomic E-state index is 0.0243. The summed E-state index contributed by atoms with van der Waals surface area (Å²) in [7, 11) is 0. The predicted octanol–water partition coefficient (Wildman–Crippen LogP) is 3.27. The number of esters is 1. The summed E-state index contributed by atoms with van der Waals surface area (Å²) in [5.41, 5.74) is 1.71. The smallest absolute Gasteiger partial charge is 0.378 e. The zero-order valence-electron chi connectivity index (χ0n) is 14.2. The molecule has 0 aliphatic carbocycles. The first-order valence-electron chi connectivity index (χ1n) is 8.68. The van der Waals surface area contributed by atoms with Crippen LogP contribution in [-0.4, -0.2) is 40.1 Å². The first-order chi connectivity index (χ1) is 12.8. The highest BCUT2D eigenvalue weighted by atomic mass is 16.6. The Labute approximate surface area is 151 Å². The third-order valence-corrected chi connectivity index (χ3v) is 4.25. The summed E-state index contributed by atoms with van der Waals surface area (Å²) in [4.78, 5) is 16.9. The van der Waals surface area contributed by atoms with Crippen molar-refractivity contribution in [2.24, 2.45) is 0 Å². The Kier molecular flexibility index (Phi) is 4.75. The third-order valence-electron chi connectivity index (χ3n) is 4.25. The van der Waals surface area contributed by atoms with Crippen molar-refractivity contribution in [2.45, 2.75) is 18.9 Å². The highest BCUT2D eigenvalue weighted by molar-refractivity contribution is 5.86. The van der Waals surface area contributed by atoms with Gasteiger partial charge in [-0.25, -0.2) is 14.5 Å². The molecule has 6 nitrogen and oxygen atoms in total. The molecule has 6 heteroatoms. The summed E-state index contributed by atoms with van der Waals surface area (Å²) < 4.78 is 12.5. The molecule has 1 aliphatic heterocycles. The van der Waals surface area contributed by atoms with Crippen LogP contribution < -0.4 is 0 Å². The van der Waals surface area contributed by atoms with E-state index < -0.39 is 5.97 Å². The van der Waals surface area contributed by atoms with Crippen LogP contribution in [0.1, 0.15) is 23.5 Å². The molecule has 2 heterocycles. The fourth-order valence-electron chi connectivity index (χ4n) is 2.93. The molecule has 4 rings (SSSR count). The van der Waals surface area contributed by atoms with Crippen molar-refractivity contribution in [2.75, 3.05) is 13.2 Å². The van der Waals surface area contributed by atoms with Gasteiger partial charge in [0.2, 0.25) is 0 Å². The van der Waals surface area contributed by atoms with Gasteiger partial charge in [-0.15, -0.1) is 5.10 Å². The maximum atomic E-state index is 12.4. The van der Waals surface area contributed by atoms with Gasteiger partial charge < -0.3 is 9.47 Å². The minimum atomic E-state index is -0.535. The van der Waals surface area contributed by atoms with Crippen molar-refractivity contribution in [1.82, 2.24) is 14.8 Å². The summed E-state index contributed by atoms with van der Waals surface area (Å²) in [6, 6.07) is 19.3. The maximum absolute atomic E-state index is 12.4. The van der Waals surface area contributed by atoms with Crippen LogP contribution in [0.2, 0.25) is 0 Å². The van der Waals surface area contributed by atoms with E-state index in [-0.39, 0.29) is 18.5 Å². The van der Waals surface area contributed by atoms with Crippen molar-refractivity contribution >= 4 is 5.97 Å². The molecule has 0 bridgehead atoms. The molecule has 1 aliphatic rings. The fraction of sp³-hybridized carbons (Fsp3) is 0.250. The molecule has 1 fully saturated rings. The van der Waals surface area contributed by atoms with Gasteiger partial charge >= 0.3 is 5.97 Å². The Morgan fingerprint density at radius 1 is 1.12 bits per heavy atom. The van der Waals surface area contributed by atoms with Crippen molar-refractivity contribution in [3.8, 4) is 17.1 Å². The van der Waals surface area contributed by atoms with E-state index >= 15 is 0 Å². The lowest BCUT2D eigenvalue weighted by Crippen LogP contribution is -2.18. The molecule has 1 aromatic heterocycles. The first kappa shape index (κ1) is 16.5. The molecule has 0 N–H and O–H groups in total. The molecule has 26 heavy (non-hydrogen) atoms. The molecule has 0 amide bonds. The highest BCUT2D eigenvalue weighted by Crippen LogP contribution is 2.21. The average molecular weight is 349 g/mol. The molecule has 1 saturated heterocycles. The second-order valence-corrected chi connectivity index (χ2v) is 6.11. The van der Waals surface area contributed by atoms with Gasteiger partial charge in [0.05, 0.1) is 11.8 Å². The summed E-state index contributed by atoms with van der Waals surface area (Å²) in [6.07, 6.45) is 1.89. The van der Waals surface area contributed by atoms with E-state index in [1.165, 1.54) is 0 Å². The summed E-state index contributed by atoms with van der Waals surface area (Å²) >= 11 is 0. The predicted molar refractivity (Wildman–Crippen MR) is 96.1 cm³/mol. The highest BCUT2D eigenvalue weighted by Gasteiger charge is 2.22. The van der Waals surface area contributed by atoms with Crippen LogP contribution in [0.25, 0.3) is 17.1 Å². The second-order valence-electron chi connectivity index (χ2n) is 6.11. The number of nitrogens with zero attached hydrogens (tertiary/aromatic N) is 3. The number of carbonyl (C=O) groups excluding carboxylic acids is 1. The molecule has 132 valence electrons. The Morgan fingerprint density at radius 2 is 1.85 bits per heavy atom. The number of rotatable bonds is 5. The van der Waals surface area contributed by atoms with Crippen LogP contribution in [0, 0.1) is 0 Å². The van der Waals surface area contributed by atoms with E-state index in [4.69, 9.17) is 9.47 Å². The van der Waals surface area contributed by atoms with E-state index in [0.717, 1.165) is 30.7 Å². The molecule has 2 aromatic carbocycles. The number of aromatic nitrogens is 3. The lowest BCUT2D eigenvalue weighted by atomic mass is 10.2. The normalized spacial score (nSPS) is 16.5. The zero-order chi connectivity index (χ0) is 17.8. The second kappa shape index (κ2) is 7.49. The van der Waals surface area contributed by atoms with Gasteiger partial charge in [-0.2, -0.15) is 0 Å². The van der Waals surface area contributed by atoms with Crippen LogP contribution in [0.4, 0.5) is 0 Å². The average Bonchev–Trinajstić information content (AvgIpc) is 3.37. The summed E-state index contributed by atoms with van der Waals surface area (Å²) in [5, 5.41) is 4.39. The Hall–Kier alpha value is -2.99. The standard InChI is InChI=1S/C20H19N3O3/c24-20(26-14-17-12-7-13-25-17)18-21-19(15-8-3-1-4-9-15)23(22-18)16-10-5-2-6-11-16/h1-6,8-11,17H,7,12-14H2/t17-/m0/s1. The molecule has 0 spiro atoms. The van der Waals surface area contributed by atoms with Gasteiger partial charge in [-0.1, -0.05) is 48.5 Å². The Balaban J connectivity index is 1.63. The number of ether oxygens (including phenoxy) is 2. The van der Waals surface area contributed by atoms with Crippen LogP contribution in [0.5, 0.6) is 0 Å². The van der Waals surface area contributed by atoms with Gasteiger partial charge in [0.1, 0.15) is 6.61 Å². The number of hydrogen-bond donors (Lipinski definition) is 0. The maximum Gasteiger partial charge on any atom is 0.378 e. The van der Waals surface area contributed by atoms with Crippen LogP contribution in [-0.2, 0) is 9.47 Å². The summed E-state index contributed by atoms with van der Waals surface area (Å²) in [6.45, 7) is 0.959. The van der Waals surface area contributed by atoms with Gasteiger partial charge in [0, 0.05) is 12.2 Å². The lowest BCUT2D eigenvalue weighted by molar-refractivity contribution is 0.0151. The monoisotopic (exact) mass is 349 g/mol. The van der Waals surface area contributed by atoms with E-state index in [9.17, 15) is 4.79 Å². The molecule has 1 atom stereocenters. The van der Waals surface area contributed by atoms with Gasteiger partial charge in [0.15, 0.2) is 5.82 Å². The van der Waals surface area contributed by atoms with Crippen molar-refractivity contribution < 1.29 is 14.3 Å².